The van der Waals surface area contributed by atoms with Crippen LogP contribution in [-0.2, 0) is 7.05 Å². The molecule has 2 aromatic carbocycles. The molecule has 8 nitrogen and oxygen atoms in total. The van der Waals surface area contributed by atoms with Crippen molar-refractivity contribution in [1.82, 2.24) is 30.0 Å². The first-order chi connectivity index (χ1) is 13.5. The Morgan fingerprint density at radius 2 is 1.82 bits per heavy atom. The molecule has 0 spiro atoms. The second-order valence-corrected chi connectivity index (χ2v) is 6.55. The van der Waals surface area contributed by atoms with E-state index in [0.717, 1.165) is 22.6 Å². The number of hydrogen-bond donors (Lipinski definition) is 1. The lowest BCUT2D eigenvalue weighted by Gasteiger charge is -2.08. The molecule has 0 unspecified atom stereocenters. The predicted molar refractivity (Wildman–Crippen MR) is 105 cm³/mol. The number of tetrazole rings is 1. The summed E-state index contributed by atoms with van der Waals surface area (Å²) in [5, 5.41) is 18.8. The Kier molecular flexibility index (Phi) is 4.44. The van der Waals surface area contributed by atoms with Crippen LogP contribution in [0.1, 0.15) is 21.7 Å². The number of carbonyl (C=O) groups is 1. The summed E-state index contributed by atoms with van der Waals surface area (Å²) in [6, 6.07) is 16.8. The molecule has 0 aliphatic rings. The fraction of sp³-hybridized carbons (Fsp3) is 0.150. The molecule has 0 saturated carbocycles. The fourth-order valence-electron chi connectivity index (χ4n) is 3.06. The number of aromatic nitrogens is 6. The SMILES string of the molecule is Cc1cc(C)n(-c2ccc(C(=O)Nc3cccc(-c4nnnn4C)c3)cc2)n1. The van der Waals surface area contributed by atoms with Gasteiger partial charge in [0.05, 0.1) is 11.4 Å². The molecule has 2 heterocycles. The zero-order valence-corrected chi connectivity index (χ0v) is 15.8. The van der Waals surface area contributed by atoms with Gasteiger partial charge in [-0.15, -0.1) is 5.10 Å². The van der Waals surface area contributed by atoms with E-state index in [1.165, 1.54) is 0 Å². The molecule has 2 aromatic heterocycles. The third-order valence-electron chi connectivity index (χ3n) is 4.38. The van der Waals surface area contributed by atoms with Crippen molar-refractivity contribution in [2.24, 2.45) is 7.05 Å². The molecule has 1 N–H and O–H groups in total. The van der Waals surface area contributed by atoms with Gasteiger partial charge in [-0.05, 0) is 66.7 Å². The second kappa shape index (κ2) is 7.07. The molecule has 0 aliphatic carbocycles. The summed E-state index contributed by atoms with van der Waals surface area (Å²) in [5.74, 6) is 0.443. The molecule has 0 bridgehead atoms. The van der Waals surface area contributed by atoms with Gasteiger partial charge in [0.25, 0.3) is 5.91 Å². The van der Waals surface area contributed by atoms with Crippen molar-refractivity contribution in [3.05, 3.63) is 71.5 Å². The minimum absolute atomic E-state index is 0.187. The van der Waals surface area contributed by atoms with Gasteiger partial charge in [-0.2, -0.15) is 5.10 Å². The lowest BCUT2D eigenvalue weighted by atomic mass is 10.1. The average molecular weight is 373 g/mol. The van der Waals surface area contributed by atoms with Crippen molar-refractivity contribution >= 4 is 11.6 Å². The van der Waals surface area contributed by atoms with Gasteiger partial charge < -0.3 is 5.32 Å². The monoisotopic (exact) mass is 373 g/mol. The summed E-state index contributed by atoms with van der Waals surface area (Å²) < 4.78 is 3.44. The van der Waals surface area contributed by atoms with Crippen LogP contribution in [0.5, 0.6) is 0 Å². The molecule has 4 rings (SSSR count). The highest BCUT2D eigenvalue weighted by atomic mass is 16.1. The van der Waals surface area contributed by atoms with E-state index in [0.29, 0.717) is 17.1 Å². The molecule has 0 atom stereocenters. The largest absolute Gasteiger partial charge is 0.322 e. The van der Waals surface area contributed by atoms with Crippen molar-refractivity contribution in [3.8, 4) is 17.1 Å². The van der Waals surface area contributed by atoms with Crippen LogP contribution in [0.4, 0.5) is 5.69 Å². The molecular weight excluding hydrogens is 354 g/mol. The molecule has 1 amide bonds. The van der Waals surface area contributed by atoms with Gasteiger partial charge in [0, 0.05) is 29.6 Å². The lowest BCUT2D eigenvalue weighted by molar-refractivity contribution is 0.102. The third kappa shape index (κ3) is 3.39. The number of carbonyl (C=O) groups excluding carboxylic acids is 1. The van der Waals surface area contributed by atoms with Gasteiger partial charge in [-0.3, -0.25) is 4.79 Å². The number of nitrogens with zero attached hydrogens (tertiary/aromatic N) is 6. The van der Waals surface area contributed by atoms with Crippen molar-refractivity contribution in [2.75, 3.05) is 5.32 Å². The molecule has 0 radical (unpaired) electrons. The normalized spacial score (nSPS) is 10.8. The third-order valence-corrected chi connectivity index (χ3v) is 4.38. The van der Waals surface area contributed by atoms with Crippen LogP contribution in [0.15, 0.2) is 54.6 Å². The summed E-state index contributed by atoms with van der Waals surface area (Å²) in [5.41, 5.74) is 4.98. The first-order valence-electron chi connectivity index (χ1n) is 8.79. The molecule has 4 aromatic rings. The number of anilines is 1. The van der Waals surface area contributed by atoms with E-state index in [4.69, 9.17) is 0 Å². The standard InChI is InChI=1S/C20H19N7O/c1-13-11-14(2)27(23-13)18-9-7-15(8-10-18)20(28)21-17-6-4-5-16(12-17)19-22-24-25-26(19)3/h4-12H,1-3H3,(H,21,28). The smallest absolute Gasteiger partial charge is 0.255 e. The number of benzene rings is 2. The Morgan fingerprint density at radius 1 is 1.04 bits per heavy atom. The van der Waals surface area contributed by atoms with E-state index in [2.05, 4.69) is 25.9 Å². The summed E-state index contributed by atoms with van der Waals surface area (Å²) in [6.07, 6.45) is 0. The highest BCUT2D eigenvalue weighted by molar-refractivity contribution is 6.04. The minimum Gasteiger partial charge on any atom is -0.322 e. The van der Waals surface area contributed by atoms with E-state index in [9.17, 15) is 4.79 Å². The lowest BCUT2D eigenvalue weighted by Crippen LogP contribution is -2.12. The van der Waals surface area contributed by atoms with Crippen LogP contribution in [-0.4, -0.2) is 35.9 Å². The Balaban J connectivity index is 1.53. The maximum Gasteiger partial charge on any atom is 0.255 e. The Labute approximate surface area is 161 Å². The molecule has 0 saturated heterocycles. The van der Waals surface area contributed by atoms with Gasteiger partial charge >= 0.3 is 0 Å². The van der Waals surface area contributed by atoms with Gasteiger partial charge in [0.1, 0.15) is 0 Å². The van der Waals surface area contributed by atoms with E-state index in [1.54, 1.807) is 23.9 Å². The van der Waals surface area contributed by atoms with E-state index >= 15 is 0 Å². The highest BCUT2D eigenvalue weighted by Gasteiger charge is 2.10. The number of hydrogen-bond acceptors (Lipinski definition) is 5. The van der Waals surface area contributed by atoms with Crippen molar-refractivity contribution in [2.45, 2.75) is 13.8 Å². The van der Waals surface area contributed by atoms with E-state index in [1.807, 2.05) is 61.0 Å². The Bertz CT molecular complexity index is 1140. The maximum absolute atomic E-state index is 12.6. The molecule has 8 heteroatoms. The van der Waals surface area contributed by atoms with Crippen molar-refractivity contribution in [3.63, 3.8) is 0 Å². The zero-order chi connectivity index (χ0) is 19.7. The summed E-state index contributed by atoms with van der Waals surface area (Å²) >= 11 is 0. The molecule has 140 valence electrons. The van der Waals surface area contributed by atoms with E-state index < -0.39 is 0 Å². The van der Waals surface area contributed by atoms with Crippen LogP contribution in [0.25, 0.3) is 17.1 Å². The molecule has 0 aliphatic heterocycles. The summed E-state index contributed by atoms with van der Waals surface area (Å²) in [4.78, 5) is 12.6. The van der Waals surface area contributed by atoms with Crippen LogP contribution in [0, 0.1) is 13.8 Å². The van der Waals surface area contributed by atoms with Crippen molar-refractivity contribution < 1.29 is 4.79 Å². The van der Waals surface area contributed by atoms with Crippen molar-refractivity contribution in [1.29, 1.82) is 0 Å². The Morgan fingerprint density at radius 3 is 2.46 bits per heavy atom. The first kappa shape index (κ1) is 17.6. The Hall–Kier alpha value is -3.81. The number of aryl methyl sites for hydroxylation is 3. The fourth-order valence-corrected chi connectivity index (χ4v) is 3.06. The first-order valence-corrected chi connectivity index (χ1v) is 8.79. The molecule has 28 heavy (non-hydrogen) atoms. The number of amides is 1. The quantitative estimate of drug-likeness (QED) is 0.594. The van der Waals surface area contributed by atoms with Crippen LogP contribution < -0.4 is 5.32 Å². The van der Waals surface area contributed by atoms with Gasteiger partial charge in [-0.1, -0.05) is 12.1 Å². The topological polar surface area (TPSA) is 90.5 Å². The van der Waals surface area contributed by atoms with Gasteiger partial charge in [-0.25, -0.2) is 9.36 Å². The van der Waals surface area contributed by atoms with Crippen LogP contribution in [0.2, 0.25) is 0 Å². The molecule has 0 fully saturated rings. The average Bonchev–Trinajstić information content (AvgIpc) is 3.26. The predicted octanol–water partition coefficient (Wildman–Crippen LogP) is 2.93. The minimum atomic E-state index is -0.187. The van der Waals surface area contributed by atoms with Crippen LogP contribution >= 0.6 is 0 Å². The summed E-state index contributed by atoms with van der Waals surface area (Å²) in [6.45, 7) is 3.96. The van der Waals surface area contributed by atoms with E-state index in [-0.39, 0.29) is 5.91 Å². The summed E-state index contributed by atoms with van der Waals surface area (Å²) in [7, 11) is 1.77. The van der Waals surface area contributed by atoms with Gasteiger partial charge in [0.2, 0.25) is 0 Å². The molecular formula is C20H19N7O. The number of nitrogens with one attached hydrogen (secondary N) is 1. The van der Waals surface area contributed by atoms with Gasteiger partial charge in [0.15, 0.2) is 5.82 Å². The van der Waals surface area contributed by atoms with Crippen LogP contribution in [0.3, 0.4) is 0 Å². The zero-order valence-electron chi connectivity index (χ0n) is 15.8. The number of rotatable bonds is 4. The highest BCUT2D eigenvalue weighted by Crippen LogP contribution is 2.20. The second-order valence-electron chi connectivity index (χ2n) is 6.55. The maximum atomic E-state index is 12.6.